The van der Waals surface area contributed by atoms with E-state index in [-0.39, 0.29) is 18.3 Å². The SMILES string of the molecule is CCNC(=NCc1ccc(F)c(COC)c1)NCCC(=O)N(CC)CC. The molecule has 7 heteroatoms. The van der Waals surface area contributed by atoms with Crippen molar-refractivity contribution in [3.63, 3.8) is 0 Å². The predicted octanol–water partition coefficient (Wildman–Crippen LogP) is 2.29. The summed E-state index contributed by atoms with van der Waals surface area (Å²) in [4.78, 5) is 18.3. The number of benzene rings is 1. The van der Waals surface area contributed by atoms with Gasteiger partial charge in [0.1, 0.15) is 5.82 Å². The highest BCUT2D eigenvalue weighted by Gasteiger charge is 2.09. The van der Waals surface area contributed by atoms with Crippen molar-refractivity contribution in [1.29, 1.82) is 0 Å². The highest BCUT2D eigenvalue weighted by Crippen LogP contribution is 2.12. The molecule has 1 aromatic carbocycles. The molecule has 1 rings (SSSR count). The van der Waals surface area contributed by atoms with Crippen LogP contribution >= 0.6 is 0 Å². The van der Waals surface area contributed by atoms with Gasteiger partial charge in [0.25, 0.3) is 0 Å². The summed E-state index contributed by atoms with van der Waals surface area (Å²) < 4.78 is 18.7. The fourth-order valence-electron chi connectivity index (χ4n) is 2.53. The summed E-state index contributed by atoms with van der Waals surface area (Å²) >= 11 is 0. The summed E-state index contributed by atoms with van der Waals surface area (Å²) in [7, 11) is 1.54. The van der Waals surface area contributed by atoms with E-state index in [1.807, 2.05) is 25.7 Å². The Labute approximate surface area is 155 Å². The normalized spacial score (nSPS) is 11.3. The highest BCUT2D eigenvalue weighted by molar-refractivity contribution is 5.81. The van der Waals surface area contributed by atoms with Crippen molar-refractivity contribution in [1.82, 2.24) is 15.5 Å². The first-order chi connectivity index (χ1) is 12.5. The Kier molecular flexibility index (Phi) is 10.3. The summed E-state index contributed by atoms with van der Waals surface area (Å²) in [5.74, 6) is 0.484. The molecule has 6 nitrogen and oxygen atoms in total. The van der Waals surface area contributed by atoms with Gasteiger partial charge in [0, 0.05) is 45.3 Å². The van der Waals surface area contributed by atoms with Gasteiger partial charge in [-0.05, 0) is 38.5 Å². The number of ether oxygens (including phenoxy) is 1. The number of nitrogens with zero attached hydrogens (tertiary/aromatic N) is 2. The van der Waals surface area contributed by atoms with Crippen LogP contribution in [0.15, 0.2) is 23.2 Å². The number of methoxy groups -OCH3 is 1. The zero-order valence-corrected chi connectivity index (χ0v) is 16.3. The quantitative estimate of drug-likeness (QED) is 0.493. The van der Waals surface area contributed by atoms with Gasteiger partial charge >= 0.3 is 0 Å². The molecule has 0 bridgehead atoms. The Morgan fingerprint density at radius 3 is 2.58 bits per heavy atom. The average Bonchev–Trinajstić information content (AvgIpc) is 2.63. The summed E-state index contributed by atoms with van der Waals surface area (Å²) in [6.07, 6.45) is 0.417. The van der Waals surface area contributed by atoms with E-state index in [1.165, 1.54) is 13.2 Å². The van der Waals surface area contributed by atoms with Gasteiger partial charge in [-0.3, -0.25) is 4.79 Å². The van der Waals surface area contributed by atoms with Crippen LogP contribution in [-0.4, -0.2) is 50.1 Å². The standard InChI is InChI=1S/C19H31FN4O2/c1-5-21-19(22-11-10-18(25)24(6-2)7-3)23-13-15-8-9-17(20)16(12-15)14-26-4/h8-9,12H,5-7,10-11,13-14H2,1-4H3,(H2,21,22,23). The fourth-order valence-corrected chi connectivity index (χ4v) is 2.53. The number of amides is 1. The Balaban J connectivity index is 2.63. The van der Waals surface area contributed by atoms with Crippen LogP contribution in [0.4, 0.5) is 4.39 Å². The second-order valence-corrected chi connectivity index (χ2v) is 5.80. The van der Waals surface area contributed by atoms with E-state index < -0.39 is 0 Å². The molecule has 0 fully saturated rings. The molecule has 0 radical (unpaired) electrons. The molecule has 0 aromatic heterocycles. The van der Waals surface area contributed by atoms with Crippen LogP contribution in [0.3, 0.4) is 0 Å². The maximum Gasteiger partial charge on any atom is 0.224 e. The lowest BCUT2D eigenvalue weighted by Crippen LogP contribution is -2.40. The lowest BCUT2D eigenvalue weighted by atomic mass is 10.1. The molecule has 1 aromatic rings. The Hall–Kier alpha value is -2.15. The van der Waals surface area contributed by atoms with E-state index >= 15 is 0 Å². The smallest absolute Gasteiger partial charge is 0.224 e. The van der Waals surface area contributed by atoms with E-state index in [9.17, 15) is 9.18 Å². The van der Waals surface area contributed by atoms with Gasteiger partial charge in [0.2, 0.25) is 5.91 Å². The van der Waals surface area contributed by atoms with Crippen molar-refractivity contribution in [2.75, 3.05) is 33.3 Å². The molecular weight excluding hydrogens is 335 g/mol. The van der Waals surface area contributed by atoms with E-state index in [2.05, 4.69) is 15.6 Å². The number of hydrogen-bond acceptors (Lipinski definition) is 3. The van der Waals surface area contributed by atoms with Gasteiger partial charge < -0.3 is 20.3 Å². The van der Waals surface area contributed by atoms with Crippen molar-refractivity contribution < 1.29 is 13.9 Å². The lowest BCUT2D eigenvalue weighted by molar-refractivity contribution is -0.130. The molecule has 0 heterocycles. The number of halogens is 1. The molecule has 0 aliphatic carbocycles. The van der Waals surface area contributed by atoms with Crippen LogP contribution in [0.2, 0.25) is 0 Å². The summed E-state index contributed by atoms with van der Waals surface area (Å²) in [6, 6.07) is 4.91. The minimum atomic E-state index is -0.278. The maximum absolute atomic E-state index is 13.7. The number of hydrogen-bond donors (Lipinski definition) is 2. The van der Waals surface area contributed by atoms with Gasteiger partial charge in [-0.25, -0.2) is 9.38 Å². The third kappa shape index (κ3) is 7.39. The first-order valence-electron chi connectivity index (χ1n) is 9.11. The molecule has 146 valence electrons. The van der Waals surface area contributed by atoms with Gasteiger partial charge in [0.05, 0.1) is 13.2 Å². The first kappa shape index (κ1) is 21.9. The van der Waals surface area contributed by atoms with Crippen molar-refractivity contribution in [3.8, 4) is 0 Å². The van der Waals surface area contributed by atoms with E-state index in [4.69, 9.17) is 4.74 Å². The third-order valence-electron chi connectivity index (χ3n) is 3.92. The molecule has 0 unspecified atom stereocenters. The molecule has 2 N–H and O–H groups in total. The van der Waals surface area contributed by atoms with Crippen LogP contribution in [-0.2, 0) is 22.7 Å². The van der Waals surface area contributed by atoms with Crippen molar-refractivity contribution >= 4 is 11.9 Å². The van der Waals surface area contributed by atoms with Crippen LogP contribution < -0.4 is 10.6 Å². The third-order valence-corrected chi connectivity index (χ3v) is 3.92. The van der Waals surface area contributed by atoms with E-state index in [1.54, 1.807) is 12.1 Å². The molecule has 0 saturated heterocycles. The summed E-state index contributed by atoms with van der Waals surface area (Å²) in [5, 5.41) is 6.32. The zero-order chi connectivity index (χ0) is 19.4. The van der Waals surface area contributed by atoms with Gasteiger partial charge in [-0.1, -0.05) is 6.07 Å². The van der Waals surface area contributed by atoms with Crippen molar-refractivity contribution in [2.24, 2.45) is 4.99 Å². The van der Waals surface area contributed by atoms with Crippen LogP contribution in [0.5, 0.6) is 0 Å². The lowest BCUT2D eigenvalue weighted by Gasteiger charge is -2.19. The fraction of sp³-hybridized carbons (Fsp3) is 0.579. The minimum absolute atomic E-state index is 0.126. The number of aliphatic imine (C=N–C) groups is 1. The Morgan fingerprint density at radius 1 is 1.23 bits per heavy atom. The summed E-state index contributed by atoms with van der Waals surface area (Å²) in [5.41, 5.74) is 1.41. The molecule has 26 heavy (non-hydrogen) atoms. The van der Waals surface area contributed by atoms with E-state index in [0.717, 1.165) is 18.7 Å². The number of guanidine groups is 1. The van der Waals surface area contributed by atoms with Crippen LogP contribution in [0.1, 0.15) is 38.3 Å². The number of carbonyl (C=O) groups is 1. The Morgan fingerprint density at radius 2 is 1.96 bits per heavy atom. The molecule has 0 saturated carbocycles. The molecular formula is C19H31FN4O2. The van der Waals surface area contributed by atoms with Crippen LogP contribution in [0, 0.1) is 5.82 Å². The van der Waals surface area contributed by atoms with Gasteiger partial charge in [-0.2, -0.15) is 0 Å². The second kappa shape index (κ2) is 12.2. The van der Waals surface area contributed by atoms with Crippen molar-refractivity contribution in [2.45, 2.75) is 40.3 Å². The molecule has 0 aliphatic heterocycles. The first-order valence-corrected chi connectivity index (χ1v) is 9.11. The monoisotopic (exact) mass is 366 g/mol. The number of carbonyl (C=O) groups excluding carboxylic acids is 1. The molecule has 0 spiro atoms. The number of rotatable bonds is 10. The molecule has 0 atom stereocenters. The van der Waals surface area contributed by atoms with E-state index in [0.29, 0.717) is 37.6 Å². The number of nitrogens with one attached hydrogen (secondary N) is 2. The largest absolute Gasteiger partial charge is 0.380 e. The van der Waals surface area contributed by atoms with Crippen LogP contribution in [0.25, 0.3) is 0 Å². The topological polar surface area (TPSA) is 66.0 Å². The van der Waals surface area contributed by atoms with Gasteiger partial charge in [0.15, 0.2) is 5.96 Å². The highest BCUT2D eigenvalue weighted by atomic mass is 19.1. The molecule has 0 aliphatic rings. The second-order valence-electron chi connectivity index (χ2n) is 5.80. The Bertz CT molecular complexity index is 589. The predicted molar refractivity (Wildman–Crippen MR) is 102 cm³/mol. The minimum Gasteiger partial charge on any atom is -0.380 e. The summed E-state index contributed by atoms with van der Waals surface area (Å²) in [6.45, 7) is 9.24. The zero-order valence-electron chi connectivity index (χ0n) is 16.3. The maximum atomic E-state index is 13.7. The molecule has 1 amide bonds. The van der Waals surface area contributed by atoms with Crippen molar-refractivity contribution in [3.05, 3.63) is 35.1 Å². The van der Waals surface area contributed by atoms with Gasteiger partial charge in [-0.15, -0.1) is 0 Å². The average molecular weight is 366 g/mol.